The number of halogens is 1. The summed E-state index contributed by atoms with van der Waals surface area (Å²) in [5, 5.41) is 19.6. The van der Waals surface area contributed by atoms with Gasteiger partial charge >= 0.3 is 5.97 Å². The molecule has 2 aromatic rings. The van der Waals surface area contributed by atoms with Crippen molar-refractivity contribution in [1.82, 2.24) is 0 Å². The second-order valence-corrected chi connectivity index (χ2v) is 3.77. The Morgan fingerprint density at radius 2 is 1.95 bits per heavy atom. The van der Waals surface area contributed by atoms with Gasteiger partial charge in [-0.3, -0.25) is 10.1 Å². The highest BCUT2D eigenvalue weighted by Crippen LogP contribution is 2.29. The zero-order chi connectivity index (χ0) is 14.7. The minimum atomic E-state index is -1.48. The Bertz CT molecular complexity index is 686. The number of non-ortho nitro benzene ring substituents is 1. The van der Waals surface area contributed by atoms with Crippen LogP contribution in [0.3, 0.4) is 0 Å². The molecule has 0 amide bonds. The Balaban J connectivity index is 2.40. The molecule has 2 rings (SSSR count). The van der Waals surface area contributed by atoms with E-state index in [0.717, 1.165) is 12.1 Å². The molecule has 20 heavy (non-hydrogen) atoms. The molecule has 0 aromatic heterocycles. The Hall–Kier alpha value is -2.96. The first kappa shape index (κ1) is 13.5. The normalized spacial score (nSPS) is 10.1. The number of nitro benzene ring substituents is 1. The molecule has 0 heterocycles. The van der Waals surface area contributed by atoms with Crippen LogP contribution in [-0.4, -0.2) is 16.0 Å². The Labute approximate surface area is 112 Å². The zero-order valence-corrected chi connectivity index (χ0v) is 9.95. The fourth-order valence-electron chi connectivity index (χ4n) is 1.58. The van der Waals surface area contributed by atoms with Crippen LogP contribution in [-0.2, 0) is 0 Å². The minimum Gasteiger partial charge on any atom is -0.477 e. The molecule has 1 N–H and O–H groups in total. The van der Waals surface area contributed by atoms with Crippen LogP contribution < -0.4 is 4.74 Å². The molecular formula is C13H8FNO5. The minimum absolute atomic E-state index is 0.0484. The topological polar surface area (TPSA) is 89.7 Å². The number of ether oxygens (including phenoxy) is 1. The summed E-state index contributed by atoms with van der Waals surface area (Å²) in [6.45, 7) is 0. The molecule has 2 aromatic carbocycles. The summed E-state index contributed by atoms with van der Waals surface area (Å²) in [6, 6.07) is 8.72. The van der Waals surface area contributed by atoms with E-state index in [1.54, 1.807) is 0 Å². The maximum Gasteiger partial charge on any atom is 0.342 e. The van der Waals surface area contributed by atoms with Crippen LogP contribution in [0.2, 0.25) is 0 Å². The molecule has 0 fully saturated rings. The molecule has 0 unspecified atom stereocenters. The number of nitrogens with zero attached hydrogens (tertiary/aromatic N) is 1. The van der Waals surface area contributed by atoms with Gasteiger partial charge in [-0.25, -0.2) is 9.18 Å². The average molecular weight is 277 g/mol. The van der Waals surface area contributed by atoms with Gasteiger partial charge in [-0.2, -0.15) is 0 Å². The number of carbonyl (C=O) groups is 1. The lowest BCUT2D eigenvalue weighted by molar-refractivity contribution is -0.384. The molecule has 0 aliphatic rings. The predicted molar refractivity (Wildman–Crippen MR) is 66.5 cm³/mol. The smallest absolute Gasteiger partial charge is 0.342 e. The second-order valence-electron chi connectivity index (χ2n) is 3.77. The van der Waals surface area contributed by atoms with E-state index in [-0.39, 0.29) is 17.2 Å². The lowest BCUT2D eigenvalue weighted by atomic mass is 10.2. The molecule has 0 aliphatic heterocycles. The van der Waals surface area contributed by atoms with Crippen LogP contribution in [0.4, 0.5) is 10.1 Å². The summed E-state index contributed by atoms with van der Waals surface area (Å²) in [7, 11) is 0. The quantitative estimate of drug-likeness (QED) is 0.684. The number of carboxylic acids is 1. The number of hydrogen-bond donors (Lipinski definition) is 1. The van der Waals surface area contributed by atoms with E-state index >= 15 is 0 Å². The predicted octanol–water partition coefficient (Wildman–Crippen LogP) is 3.22. The standard InChI is InChI=1S/C13H8FNO5/c14-10-5-2-6-11(12(10)13(16)17)20-9-4-1-3-8(7-9)15(18)19/h1-7H,(H,16,17). The summed E-state index contributed by atoms with van der Waals surface area (Å²) in [6.07, 6.45) is 0. The second kappa shape index (κ2) is 5.35. The number of nitro groups is 1. The van der Waals surface area contributed by atoms with Crippen molar-refractivity contribution in [2.75, 3.05) is 0 Å². The zero-order valence-electron chi connectivity index (χ0n) is 9.95. The highest BCUT2D eigenvalue weighted by molar-refractivity contribution is 5.91. The van der Waals surface area contributed by atoms with Gasteiger partial charge in [0.2, 0.25) is 0 Å². The first-order chi connectivity index (χ1) is 9.49. The molecule has 0 atom stereocenters. The molecule has 0 radical (unpaired) electrons. The van der Waals surface area contributed by atoms with Gasteiger partial charge in [0.25, 0.3) is 5.69 Å². The van der Waals surface area contributed by atoms with Crippen LogP contribution in [0.15, 0.2) is 42.5 Å². The first-order valence-electron chi connectivity index (χ1n) is 5.43. The first-order valence-corrected chi connectivity index (χ1v) is 5.43. The van der Waals surface area contributed by atoms with Crippen molar-refractivity contribution >= 4 is 11.7 Å². The third kappa shape index (κ3) is 2.72. The third-order valence-corrected chi connectivity index (χ3v) is 2.45. The molecule has 0 bridgehead atoms. The van der Waals surface area contributed by atoms with Gasteiger partial charge in [-0.15, -0.1) is 0 Å². The fourth-order valence-corrected chi connectivity index (χ4v) is 1.58. The summed E-state index contributed by atoms with van der Waals surface area (Å²) < 4.78 is 18.7. The number of aromatic carboxylic acids is 1. The van der Waals surface area contributed by atoms with Crippen LogP contribution in [0.5, 0.6) is 11.5 Å². The summed E-state index contributed by atoms with van der Waals surface area (Å²) in [4.78, 5) is 21.0. The Morgan fingerprint density at radius 3 is 2.60 bits per heavy atom. The summed E-state index contributed by atoms with van der Waals surface area (Å²) >= 11 is 0. The van der Waals surface area contributed by atoms with Crippen molar-refractivity contribution in [3.63, 3.8) is 0 Å². The fraction of sp³-hybridized carbons (Fsp3) is 0. The number of rotatable bonds is 4. The molecule has 0 saturated heterocycles. The van der Waals surface area contributed by atoms with Gasteiger partial charge in [0.1, 0.15) is 22.9 Å². The number of hydrogen-bond acceptors (Lipinski definition) is 4. The Kier molecular flexibility index (Phi) is 3.60. The molecule has 7 heteroatoms. The maximum atomic E-state index is 13.4. The number of benzene rings is 2. The Morgan fingerprint density at radius 1 is 1.25 bits per heavy atom. The molecule has 0 aliphatic carbocycles. The molecule has 0 spiro atoms. The molecule has 0 saturated carbocycles. The summed E-state index contributed by atoms with van der Waals surface area (Å²) in [5.41, 5.74) is -0.838. The van der Waals surface area contributed by atoms with Gasteiger partial charge in [0.15, 0.2) is 0 Å². The van der Waals surface area contributed by atoms with Crippen molar-refractivity contribution in [3.05, 3.63) is 64.0 Å². The van der Waals surface area contributed by atoms with E-state index in [1.165, 1.54) is 30.3 Å². The van der Waals surface area contributed by atoms with Crippen molar-refractivity contribution in [3.8, 4) is 11.5 Å². The van der Waals surface area contributed by atoms with Crippen molar-refractivity contribution in [2.24, 2.45) is 0 Å². The lowest BCUT2D eigenvalue weighted by Crippen LogP contribution is -2.03. The molecule has 102 valence electrons. The van der Waals surface area contributed by atoms with Crippen LogP contribution in [0.25, 0.3) is 0 Å². The monoisotopic (exact) mass is 277 g/mol. The SMILES string of the molecule is O=C(O)c1c(F)cccc1Oc1cccc([N+](=O)[O-])c1. The number of carboxylic acid groups (broad SMARTS) is 1. The van der Waals surface area contributed by atoms with Crippen molar-refractivity contribution in [2.45, 2.75) is 0 Å². The maximum absolute atomic E-state index is 13.4. The highest BCUT2D eigenvalue weighted by Gasteiger charge is 2.18. The van der Waals surface area contributed by atoms with Gasteiger partial charge < -0.3 is 9.84 Å². The lowest BCUT2D eigenvalue weighted by Gasteiger charge is -2.09. The third-order valence-electron chi connectivity index (χ3n) is 2.45. The van der Waals surface area contributed by atoms with Gasteiger partial charge in [0, 0.05) is 6.07 Å². The van der Waals surface area contributed by atoms with E-state index < -0.39 is 22.3 Å². The van der Waals surface area contributed by atoms with Crippen LogP contribution >= 0.6 is 0 Å². The van der Waals surface area contributed by atoms with Crippen LogP contribution in [0.1, 0.15) is 10.4 Å². The van der Waals surface area contributed by atoms with Gasteiger partial charge in [0.05, 0.1) is 11.0 Å². The van der Waals surface area contributed by atoms with Crippen molar-refractivity contribution < 1.29 is 24.0 Å². The van der Waals surface area contributed by atoms with Gasteiger partial charge in [-0.1, -0.05) is 12.1 Å². The molecular weight excluding hydrogens is 269 g/mol. The van der Waals surface area contributed by atoms with E-state index in [9.17, 15) is 19.3 Å². The van der Waals surface area contributed by atoms with Crippen molar-refractivity contribution in [1.29, 1.82) is 0 Å². The largest absolute Gasteiger partial charge is 0.477 e. The highest BCUT2D eigenvalue weighted by atomic mass is 19.1. The average Bonchev–Trinajstić information content (AvgIpc) is 2.38. The summed E-state index contributed by atoms with van der Waals surface area (Å²) in [5.74, 6) is -2.60. The molecule has 6 nitrogen and oxygen atoms in total. The van der Waals surface area contributed by atoms with E-state index in [2.05, 4.69) is 0 Å². The van der Waals surface area contributed by atoms with Gasteiger partial charge in [-0.05, 0) is 18.2 Å². The van der Waals surface area contributed by atoms with E-state index in [0.29, 0.717) is 0 Å². The van der Waals surface area contributed by atoms with E-state index in [4.69, 9.17) is 9.84 Å². The van der Waals surface area contributed by atoms with Crippen LogP contribution in [0, 0.1) is 15.9 Å². The van der Waals surface area contributed by atoms with E-state index in [1.807, 2.05) is 0 Å².